The Morgan fingerprint density at radius 3 is 1.41 bits per heavy atom. The normalized spacial score (nSPS) is 14.9. The highest BCUT2D eigenvalue weighted by Gasteiger charge is 2.18. The van der Waals surface area contributed by atoms with E-state index >= 15 is 0 Å². The Kier molecular flexibility index (Phi) is 6.63. The average molecular weight is 645 g/mol. The molecule has 240 valence electrons. The summed E-state index contributed by atoms with van der Waals surface area (Å²) in [5.41, 5.74) is 10.2. The zero-order valence-electron chi connectivity index (χ0n) is 26.8. The van der Waals surface area contributed by atoms with Crippen LogP contribution >= 0.6 is 0 Å². The number of aromatic nitrogens is 4. The van der Waals surface area contributed by atoms with Gasteiger partial charge in [-0.1, -0.05) is 12.1 Å². The van der Waals surface area contributed by atoms with Gasteiger partial charge < -0.3 is 23.5 Å². The van der Waals surface area contributed by atoms with Gasteiger partial charge in [-0.15, -0.1) is 0 Å². The summed E-state index contributed by atoms with van der Waals surface area (Å²) >= 11 is 0. The molecule has 49 heavy (non-hydrogen) atoms. The van der Waals surface area contributed by atoms with Crippen molar-refractivity contribution in [2.24, 2.45) is 0 Å². The number of pyridine rings is 2. The van der Waals surface area contributed by atoms with Crippen molar-refractivity contribution in [3.05, 3.63) is 132 Å². The quantitative estimate of drug-likeness (QED) is 0.165. The van der Waals surface area contributed by atoms with E-state index in [0.29, 0.717) is 39.6 Å². The molecule has 0 N–H and O–H groups in total. The molecule has 8 heteroatoms. The van der Waals surface area contributed by atoms with Gasteiger partial charge in [0.15, 0.2) is 0 Å². The highest BCUT2D eigenvalue weighted by Crippen LogP contribution is 2.35. The van der Waals surface area contributed by atoms with Crippen LogP contribution in [0.25, 0.3) is 55.2 Å². The van der Waals surface area contributed by atoms with Crippen molar-refractivity contribution < 1.29 is 18.9 Å². The van der Waals surface area contributed by atoms with Crippen molar-refractivity contribution >= 4 is 43.9 Å². The third kappa shape index (κ3) is 4.91. The molecule has 4 aromatic heterocycles. The Bertz CT molecular complexity index is 2230. The van der Waals surface area contributed by atoms with Crippen molar-refractivity contribution in [3.8, 4) is 22.9 Å². The van der Waals surface area contributed by atoms with Crippen LogP contribution in [0.2, 0.25) is 0 Å². The largest absolute Gasteiger partial charge is 0.493 e. The number of nitrogens with zero attached hydrogens (tertiary/aromatic N) is 4. The molecule has 13 aliphatic rings. The molecule has 0 spiro atoms. The lowest BCUT2D eigenvalue weighted by Crippen LogP contribution is -2.05. The van der Waals surface area contributed by atoms with Crippen LogP contribution < -0.4 is 9.47 Å². The first-order valence-corrected chi connectivity index (χ1v) is 16.7. The molecule has 21 rings (SSSR count). The summed E-state index contributed by atoms with van der Waals surface area (Å²) in [4.78, 5) is 9.94. The minimum atomic E-state index is 0.441. The van der Waals surface area contributed by atoms with Crippen LogP contribution in [0.1, 0.15) is 28.7 Å². The van der Waals surface area contributed by atoms with Gasteiger partial charge in [-0.2, -0.15) is 0 Å². The van der Waals surface area contributed by atoms with E-state index in [1.807, 2.05) is 36.7 Å². The van der Waals surface area contributed by atoms with Crippen molar-refractivity contribution in [1.29, 1.82) is 0 Å². The third-order valence-corrected chi connectivity index (χ3v) is 9.55. The van der Waals surface area contributed by atoms with E-state index in [2.05, 4.69) is 81.9 Å². The van der Waals surface area contributed by atoms with Crippen LogP contribution in [0.15, 0.2) is 109 Å². The number of hydrogen-bond acceptors (Lipinski definition) is 6. The van der Waals surface area contributed by atoms with E-state index in [1.165, 1.54) is 10.8 Å². The lowest BCUT2D eigenvalue weighted by atomic mass is 10.1. The van der Waals surface area contributed by atoms with Gasteiger partial charge in [-0.3, -0.25) is 4.57 Å². The van der Waals surface area contributed by atoms with Crippen molar-refractivity contribution in [1.82, 2.24) is 19.1 Å². The first kappa shape index (κ1) is 28.3. The van der Waals surface area contributed by atoms with E-state index < -0.39 is 0 Å². The number of benzene rings is 4. The fourth-order valence-corrected chi connectivity index (χ4v) is 7.23. The molecular weight excluding hydrogens is 612 g/mol. The summed E-state index contributed by atoms with van der Waals surface area (Å²) in [6.45, 7) is 2.96. The minimum absolute atomic E-state index is 0.441. The molecule has 8 nitrogen and oxygen atoms in total. The van der Waals surface area contributed by atoms with Crippen molar-refractivity contribution in [2.75, 3.05) is 13.2 Å². The Hall–Kier alpha value is -5.70. The predicted octanol–water partition coefficient (Wildman–Crippen LogP) is 8.58. The molecule has 0 fully saturated rings. The second-order valence-corrected chi connectivity index (χ2v) is 12.8. The fourth-order valence-electron chi connectivity index (χ4n) is 7.23. The van der Waals surface area contributed by atoms with Crippen LogP contribution in [0, 0.1) is 0 Å². The molecule has 0 amide bonds. The third-order valence-electron chi connectivity index (χ3n) is 9.55. The Morgan fingerprint density at radius 2 is 0.898 bits per heavy atom. The van der Waals surface area contributed by atoms with Gasteiger partial charge in [0, 0.05) is 51.7 Å². The second kappa shape index (κ2) is 11.5. The van der Waals surface area contributed by atoms with E-state index in [1.54, 1.807) is 0 Å². The molecule has 18 bridgehead atoms. The predicted molar refractivity (Wildman–Crippen MR) is 190 cm³/mol. The molecule has 0 saturated heterocycles. The van der Waals surface area contributed by atoms with E-state index in [-0.39, 0.29) is 0 Å². The van der Waals surface area contributed by atoms with Crippen molar-refractivity contribution in [3.63, 3.8) is 0 Å². The van der Waals surface area contributed by atoms with Gasteiger partial charge in [0.25, 0.3) is 0 Å². The standard InChI is InChI=1S/C41H32N4O4/c1-14-48-32-8-4-30(5-9-32)44-38-12-2-26-16-34(38)35-17-27(3-13-39(35)44)23-47-25-29-19-37-36-18-28(24-46-22-26)20-42-40(36)45(41(37)43-21-29)31-6-10-33(11-7-31)49-15-1/h2-13,16-21H,1,14-15,22-25H2. The maximum Gasteiger partial charge on any atom is 0.146 e. The van der Waals surface area contributed by atoms with Crippen molar-refractivity contribution in [2.45, 2.75) is 32.8 Å². The van der Waals surface area contributed by atoms with Gasteiger partial charge in [0.1, 0.15) is 22.8 Å². The number of rotatable bonds is 0. The summed E-state index contributed by atoms with van der Waals surface area (Å²) in [5.74, 6) is 1.64. The highest BCUT2D eigenvalue weighted by molar-refractivity contribution is 6.10. The highest BCUT2D eigenvalue weighted by atomic mass is 16.5. The summed E-state index contributed by atoms with van der Waals surface area (Å²) in [6.07, 6.45) is 4.58. The Balaban J connectivity index is 1.16. The van der Waals surface area contributed by atoms with E-state index in [4.69, 9.17) is 28.9 Å². The summed E-state index contributed by atoms with van der Waals surface area (Å²) < 4.78 is 29.3. The van der Waals surface area contributed by atoms with Crippen LogP contribution in [0.3, 0.4) is 0 Å². The van der Waals surface area contributed by atoms with E-state index in [9.17, 15) is 0 Å². The first-order chi connectivity index (χ1) is 24.2. The zero-order valence-corrected chi connectivity index (χ0v) is 26.8. The number of hydrogen-bond donors (Lipinski definition) is 0. The molecule has 8 aromatic rings. The molecule has 0 radical (unpaired) electrons. The molecular formula is C41H32N4O4. The summed E-state index contributed by atoms with van der Waals surface area (Å²) in [7, 11) is 0. The van der Waals surface area contributed by atoms with Crippen LogP contribution in [0.4, 0.5) is 0 Å². The molecule has 0 saturated carbocycles. The number of ether oxygens (including phenoxy) is 4. The van der Waals surface area contributed by atoms with Gasteiger partial charge in [0.05, 0.1) is 50.7 Å². The Morgan fingerprint density at radius 1 is 0.449 bits per heavy atom. The van der Waals surface area contributed by atoms with Crippen LogP contribution in [-0.2, 0) is 35.9 Å². The van der Waals surface area contributed by atoms with Gasteiger partial charge in [-0.05, 0) is 107 Å². The molecule has 0 atom stereocenters. The van der Waals surface area contributed by atoms with E-state index in [0.717, 1.165) is 84.6 Å². The molecule has 0 unspecified atom stereocenters. The monoisotopic (exact) mass is 644 g/mol. The SMILES string of the molecule is c1cc2c3cc1COCc1cnc4c(c1)c1cc5cnc1n4-c1ccc(cc1)OCCCOc1ccc(cc1)-n2c1ccc(cc31)COC5. The minimum Gasteiger partial charge on any atom is -0.493 e. The first-order valence-electron chi connectivity index (χ1n) is 16.7. The molecule has 4 aromatic carbocycles. The summed E-state index contributed by atoms with van der Waals surface area (Å²) in [5, 5.41) is 4.41. The lowest BCUT2D eigenvalue weighted by Gasteiger charge is -2.12. The fraction of sp³-hybridized carbons (Fsp3) is 0.171. The maximum atomic E-state index is 6.34. The molecule has 17 heterocycles. The summed E-state index contributed by atoms with van der Waals surface area (Å²) in [6, 6.07) is 34.1. The second-order valence-electron chi connectivity index (χ2n) is 12.8. The smallest absolute Gasteiger partial charge is 0.146 e. The average Bonchev–Trinajstić information content (AvgIpc) is 3.63. The van der Waals surface area contributed by atoms with Crippen LogP contribution in [0.5, 0.6) is 11.5 Å². The lowest BCUT2D eigenvalue weighted by molar-refractivity contribution is 0.107. The van der Waals surface area contributed by atoms with Gasteiger partial charge in [0.2, 0.25) is 0 Å². The van der Waals surface area contributed by atoms with Gasteiger partial charge in [-0.25, -0.2) is 9.97 Å². The molecule has 13 aliphatic heterocycles. The zero-order chi connectivity index (χ0) is 32.3. The molecule has 0 aliphatic carbocycles. The Labute approximate surface area is 282 Å². The van der Waals surface area contributed by atoms with Gasteiger partial charge >= 0.3 is 0 Å². The maximum absolute atomic E-state index is 6.34. The topological polar surface area (TPSA) is 72.6 Å². The van der Waals surface area contributed by atoms with Crippen LogP contribution in [-0.4, -0.2) is 32.3 Å².